The summed E-state index contributed by atoms with van der Waals surface area (Å²) in [5, 5.41) is 3.21. The number of ether oxygens (including phenoxy) is 1. The molecule has 138 valence electrons. The number of nitrogens with zero attached hydrogens (tertiary/aromatic N) is 2. The van der Waals surface area contributed by atoms with E-state index in [4.69, 9.17) is 4.74 Å². The summed E-state index contributed by atoms with van der Waals surface area (Å²) >= 11 is 0. The summed E-state index contributed by atoms with van der Waals surface area (Å²) in [6, 6.07) is 10.1. The van der Waals surface area contributed by atoms with Gasteiger partial charge in [-0.25, -0.2) is 0 Å². The topological polar surface area (TPSA) is 54.5 Å². The third kappa shape index (κ3) is 4.90. The Labute approximate surface area is 155 Å². The lowest BCUT2D eigenvalue weighted by Gasteiger charge is -2.27. The summed E-state index contributed by atoms with van der Waals surface area (Å²) in [6.07, 6.45) is 4.03. The number of hydrogen-bond acceptors (Lipinski definition) is 4. The number of carbonyl (C=O) groups is 1. The van der Waals surface area contributed by atoms with Crippen molar-refractivity contribution < 1.29 is 9.53 Å². The van der Waals surface area contributed by atoms with Crippen LogP contribution in [0.2, 0.25) is 0 Å². The Hall–Kier alpha value is -2.24. The second-order valence-electron chi connectivity index (χ2n) is 6.83. The van der Waals surface area contributed by atoms with E-state index in [1.165, 1.54) is 11.1 Å². The molecule has 1 fully saturated rings. The molecule has 0 radical (unpaired) electrons. The summed E-state index contributed by atoms with van der Waals surface area (Å²) < 4.78 is 5.36. The van der Waals surface area contributed by atoms with E-state index in [1.54, 1.807) is 12.4 Å². The number of aromatic nitrogens is 1. The zero-order valence-corrected chi connectivity index (χ0v) is 15.6. The van der Waals surface area contributed by atoms with Gasteiger partial charge in [-0.2, -0.15) is 0 Å². The molecule has 3 rings (SSSR count). The molecule has 2 heterocycles. The minimum atomic E-state index is -0.158. The Morgan fingerprint density at radius 3 is 2.54 bits per heavy atom. The van der Waals surface area contributed by atoms with Crippen molar-refractivity contribution >= 4 is 5.91 Å². The second kappa shape index (κ2) is 8.92. The SMILES string of the molecule is Cc1ccc(C(NC(=O)CCN2CCOCC2)c2ccncc2)cc1C. The quantitative estimate of drug-likeness (QED) is 0.867. The summed E-state index contributed by atoms with van der Waals surface area (Å²) in [4.78, 5) is 19.0. The van der Waals surface area contributed by atoms with Crippen molar-refractivity contribution in [2.75, 3.05) is 32.8 Å². The minimum Gasteiger partial charge on any atom is -0.379 e. The van der Waals surface area contributed by atoms with E-state index in [1.807, 2.05) is 12.1 Å². The van der Waals surface area contributed by atoms with Crippen molar-refractivity contribution in [3.8, 4) is 0 Å². The molecule has 5 heteroatoms. The fourth-order valence-electron chi connectivity index (χ4n) is 3.18. The Bertz CT molecular complexity index is 727. The van der Waals surface area contributed by atoms with E-state index in [2.05, 4.69) is 47.2 Å². The molecule has 1 aliphatic heterocycles. The molecule has 2 aromatic rings. The summed E-state index contributed by atoms with van der Waals surface area (Å²) in [7, 11) is 0. The number of amides is 1. The number of pyridine rings is 1. The Morgan fingerprint density at radius 1 is 1.12 bits per heavy atom. The molecule has 1 unspecified atom stereocenters. The molecule has 1 atom stereocenters. The van der Waals surface area contributed by atoms with Crippen LogP contribution in [-0.4, -0.2) is 48.6 Å². The van der Waals surface area contributed by atoms with Crippen LogP contribution in [0.1, 0.15) is 34.7 Å². The van der Waals surface area contributed by atoms with Gasteiger partial charge in [-0.05, 0) is 48.2 Å². The molecule has 1 aromatic carbocycles. The maximum atomic E-state index is 12.6. The number of rotatable bonds is 6. The van der Waals surface area contributed by atoms with E-state index in [9.17, 15) is 4.79 Å². The van der Waals surface area contributed by atoms with Crippen LogP contribution in [0.4, 0.5) is 0 Å². The van der Waals surface area contributed by atoms with Crippen LogP contribution in [0.5, 0.6) is 0 Å². The first-order valence-corrected chi connectivity index (χ1v) is 9.20. The first-order chi connectivity index (χ1) is 12.6. The van der Waals surface area contributed by atoms with Crippen molar-refractivity contribution in [3.63, 3.8) is 0 Å². The highest BCUT2D eigenvalue weighted by molar-refractivity contribution is 5.77. The van der Waals surface area contributed by atoms with E-state index in [-0.39, 0.29) is 11.9 Å². The van der Waals surface area contributed by atoms with E-state index >= 15 is 0 Å². The molecule has 0 spiro atoms. The van der Waals surface area contributed by atoms with E-state index in [0.29, 0.717) is 6.42 Å². The molecule has 1 amide bonds. The molecule has 26 heavy (non-hydrogen) atoms. The summed E-state index contributed by atoms with van der Waals surface area (Å²) in [5.41, 5.74) is 4.62. The molecule has 1 aliphatic rings. The zero-order valence-electron chi connectivity index (χ0n) is 15.6. The van der Waals surface area contributed by atoms with Crippen LogP contribution in [0, 0.1) is 13.8 Å². The van der Waals surface area contributed by atoms with Gasteiger partial charge in [0.1, 0.15) is 0 Å². The molecule has 1 saturated heterocycles. The van der Waals surface area contributed by atoms with Gasteiger partial charge in [-0.3, -0.25) is 14.7 Å². The molecule has 1 aromatic heterocycles. The van der Waals surface area contributed by atoms with Crippen LogP contribution in [-0.2, 0) is 9.53 Å². The van der Waals surface area contributed by atoms with Crippen LogP contribution < -0.4 is 5.32 Å². The smallest absolute Gasteiger partial charge is 0.222 e. The first-order valence-electron chi connectivity index (χ1n) is 9.20. The van der Waals surface area contributed by atoms with Crippen LogP contribution in [0.3, 0.4) is 0 Å². The van der Waals surface area contributed by atoms with Gasteiger partial charge in [0.05, 0.1) is 19.3 Å². The predicted octanol–water partition coefficient (Wildman–Crippen LogP) is 2.63. The lowest BCUT2D eigenvalue weighted by molar-refractivity contribution is -0.122. The van der Waals surface area contributed by atoms with Gasteiger partial charge >= 0.3 is 0 Å². The largest absolute Gasteiger partial charge is 0.379 e. The number of nitrogens with one attached hydrogen (secondary N) is 1. The van der Waals surface area contributed by atoms with Gasteiger partial charge < -0.3 is 10.1 Å². The molecule has 1 N–H and O–H groups in total. The number of hydrogen-bond donors (Lipinski definition) is 1. The average Bonchev–Trinajstić information content (AvgIpc) is 2.68. The number of aryl methyl sites for hydroxylation is 2. The molecule has 0 bridgehead atoms. The lowest BCUT2D eigenvalue weighted by Crippen LogP contribution is -2.39. The monoisotopic (exact) mass is 353 g/mol. The fraction of sp³-hybridized carbons (Fsp3) is 0.429. The standard InChI is InChI=1S/C21H27N3O2/c1-16-3-4-19(15-17(16)2)21(18-5-8-22-9-6-18)23-20(25)7-10-24-11-13-26-14-12-24/h3-6,8-9,15,21H,7,10-14H2,1-2H3,(H,23,25). The molecular formula is C21H27N3O2. The van der Waals surface area contributed by atoms with Crippen molar-refractivity contribution in [1.29, 1.82) is 0 Å². The molecule has 0 aliphatic carbocycles. The zero-order chi connectivity index (χ0) is 18.4. The highest BCUT2D eigenvalue weighted by atomic mass is 16.5. The highest BCUT2D eigenvalue weighted by Gasteiger charge is 2.18. The summed E-state index contributed by atoms with van der Waals surface area (Å²) in [5.74, 6) is 0.0662. The van der Waals surface area contributed by atoms with Crippen molar-refractivity contribution in [2.45, 2.75) is 26.3 Å². The maximum absolute atomic E-state index is 12.6. The highest BCUT2D eigenvalue weighted by Crippen LogP contribution is 2.24. The average molecular weight is 353 g/mol. The number of morpholine rings is 1. The number of carbonyl (C=O) groups excluding carboxylic acids is 1. The third-order valence-corrected chi connectivity index (χ3v) is 4.97. The number of benzene rings is 1. The van der Waals surface area contributed by atoms with Crippen LogP contribution in [0.15, 0.2) is 42.7 Å². The van der Waals surface area contributed by atoms with Gasteiger partial charge in [0.25, 0.3) is 0 Å². The minimum absolute atomic E-state index is 0.0662. The van der Waals surface area contributed by atoms with E-state index in [0.717, 1.165) is 44.0 Å². The molecule has 0 saturated carbocycles. The summed E-state index contributed by atoms with van der Waals surface area (Å²) in [6.45, 7) is 8.28. The predicted molar refractivity (Wildman–Crippen MR) is 102 cm³/mol. The lowest BCUT2D eigenvalue weighted by atomic mass is 9.96. The maximum Gasteiger partial charge on any atom is 0.222 e. The van der Waals surface area contributed by atoms with Crippen LogP contribution in [0.25, 0.3) is 0 Å². The van der Waals surface area contributed by atoms with Gasteiger partial charge in [-0.1, -0.05) is 18.2 Å². The molecule has 5 nitrogen and oxygen atoms in total. The van der Waals surface area contributed by atoms with Crippen LogP contribution >= 0.6 is 0 Å². The Balaban J connectivity index is 1.71. The van der Waals surface area contributed by atoms with Gasteiger partial charge in [0.15, 0.2) is 0 Å². The van der Waals surface area contributed by atoms with Gasteiger partial charge in [0.2, 0.25) is 5.91 Å². The second-order valence-corrected chi connectivity index (χ2v) is 6.83. The Morgan fingerprint density at radius 2 is 1.85 bits per heavy atom. The molecular weight excluding hydrogens is 326 g/mol. The Kier molecular flexibility index (Phi) is 6.36. The van der Waals surface area contributed by atoms with Gasteiger partial charge in [0, 0.05) is 38.4 Å². The fourth-order valence-corrected chi connectivity index (χ4v) is 3.18. The normalized spacial score (nSPS) is 16.2. The van der Waals surface area contributed by atoms with Crippen molar-refractivity contribution in [3.05, 3.63) is 65.0 Å². The van der Waals surface area contributed by atoms with Crippen molar-refractivity contribution in [1.82, 2.24) is 15.2 Å². The van der Waals surface area contributed by atoms with Gasteiger partial charge in [-0.15, -0.1) is 0 Å². The third-order valence-electron chi connectivity index (χ3n) is 4.97. The van der Waals surface area contributed by atoms with E-state index < -0.39 is 0 Å². The van der Waals surface area contributed by atoms with Crippen molar-refractivity contribution in [2.24, 2.45) is 0 Å². The first kappa shape index (κ1) is 18.5.